The van der Waals surface area contributed by atoms with E-state index in [0.29, 0.717) is 38.6 Å². The van der Waals surface area contributed by atoms with Gasteiger partial charge in [-0.1, -0.05) is 41.6 Å². The highest BCUT2D eigenvalue weighted by Crippen LogP contribution is 2.26. The fourth-order valence-electron chi connectivity index (χ4n) is 2.53. The third-order valence-corrected chi connectivity index (χ3v) is 4.93. The lowest BCUT2D eigenvalue weighted by molar-refractivity contribution is 0.465. The lowest BCUT2D eigenvalue weighted by atomic mass is 10.2. The summed E-state index contributed by atoms with van der Waals surface area (Å²) in [6.45, 7) is 0. The van der Waals surface area contributed by atoms with Crippen LogP contribution < -0.4 is 5.56 Å². The van der Waals surface area contributed by atoms with E-state index < -0.39 is 0 Å². The smallest absolute Gasteiger partial charge is 0.277 e. The SMILES string of the molecule is Cn1c(CSc2nnc(-c3cccc(Cl)c3)o2)nc2ccccc2c1=O. The van der Waals surface area contributed by atoms with Gasteiger partial charge in [-0.3, -0.25) is 9.36 Å². The number of fused-ring (bicyclic) bond motifs is 1. The van der Waals surface area contributed by atoms with Crippen LogP contribution in [0.1, 0.15) is 5.82 Å². The quantitative estimate of drug-likeness (QED) is 0.496. The molecule has 2 aromatic heterocycles. The van der Waals surface area contributed by atoms with Crippen LogP contribution in [0.15, 0.2) is 63.0 Å². The zero-order chi connectivity index (χ0) is 18.1. The maximum Gasteiger partial charge on any atom is 0.277 e. The van der Waals surface area contributed by atoms with Crippen molar-refractivity contribution in [1.82, 2.24) is 19.7 Å². The molecule has 0 unspecified atom stereocenters. The van der Waals surface area contributed by atoms with Crippen molar-refractivity contribution in [1.29, 1.82) is 0 Å². The first-order valence-corrected chi connectivity index (χ1v) is 9.15. The van der Waals surface area contributed by atoms with Gasteiger partial charge < -0.3 is 4.42 Å². The Hall–Kier alpha value is -2.64. The van der Waals surface area contributed by atoms with Crippen molar-refractivity contribution in [3.8, 4) is 11.5 Å². The molecule has 2 heterocycles. The fourth-order valence-corrected chi connectivity index (χ4v) is 3.46. The van der Waals surface area contributed by atoms with Crippen LogP contribution in [0.3, 0.4) is 0 Å². The molecule has 4 rings (SSSR count). The van der Waals surface area contributed by atoms with Gasteiger partial charge in [-0.2, -0.15) is 0 Å². The first-order valence-electron chi connectivity index (χ1n) is 7.79. The molecule has 4 aromatic rings. The molecule has 6 nitrogen and oxygen atoms in total. The number of halogens is 1. The van der Waals surface area contributed by atoms with Gasteiger partial charge in [0.1, 0.15) is 5.82 Å². The second-order valence-electron chi connectivity index (χ2n) is 5.58. The Morgan fingerprint density at radius 2 is 2.00 bits per heavy atom. The molecular formula is C18H13ClN4O2S. The molecule has 0 atom stereocenters. The van der Waals surface area contributed by atoms with Gasteiger partial charge in [-0.05, 0) is 30.3 Å². The van der Waals surface area contributed by atoms with E-state index in [1.165, 1.54) is 11.8 Å². The minimum atomic E-state index is -0.0728. The van der Waals surface area contributed by atoms with E-state index in [1.807, 2.05) is 30.3 Å². The number of aromatic nitrogens is 4. The van der Waals surface area contributed by atoms with E-state index in [0.717, 1.165) is 5.56 Å². The van der Waals surface area contributed by atoms with Gasteiger partial charge in [-0.15, -0.1) is 10.2 Å². The highest BCUT2D eigenvalue weighted by Gasteiger charge is 2.12. The zero-order valence-corrected chi connectivity index (χ0v) is 15.3. The van der Waals surface area contributed by atoms with Crippen molar-refractivity contribution < 1.29 is 4.42 Å². The Kier molecular flexibility index (Phi) is 4.48. The topological polar surface area (TPSA) is 73.8 Å². The van der Waals surface area contributed by atoms with Crippen LogP contribution >= 0.6 is 23.4 Å². The van der Waals surface area contributed by atoms with Crippen molar-refractivity contribution in [3.05, 3.63) is 69.7 Å². The Morgan fingerprint density at radius 1 is 1.15 bits per heavy atom. The number of hydrogen-bond acceptors (Lipinski definition) is 6. The van der Waals surface area contributed by atoms with E-state index in [-0.39, 0.29) is 5.56 Å². The normalized spacial score (nSPS) is 11.2. The molecule has 26 heavy (non-hydrogen) atoms. The maximum atomic E-state index is 12.4. The van der Waals surface area contributed by atoms with Gasteiger partial charge in [0.2, 0.25) is 5.89 Å². The van der Waals surface area contributed by atoms with E-state index in [4.69, 9.17) is 16.0 Å². The van der Waals surface area contributed by atoms with Crippen LogP contribution in [-0.4, -0.2) is 19.7 Å². The summed E-state index contributed by atoms with van der Waals surface area (Å²) >= 11 is 7.32. The van der Waals surface area contributed by atoms with Crippen molar-refractivity contribution in [3.63, 3.8) is 0 Å². The van der Waals surface area contributed by atoms with E-state index in [9.17, 15) is 4.79 Å². The molecule has 130 valence electrons. The van der Waals surface area contributed by atoms with Crippen molar-refractivity contribution in [2.24, 2.45) is 7.05 Å². The Balaban J connectivity index is 1.58. The maximum absolute atomic E-state index is 12.4. The molecule has 0 saturated heterocycles. The molecule has 8 heteroatoms. The molecule has 0 bridgehead atoms. The molecule has 2 aromatic carbocycles. The summed E-state index contributed by atoms with van der Waals surface area (Å²) in [5, 5.41) is 9.69. The van der Waals surface area contributed by atoms with Gasteiger partial charge in [0, 0.05) is 17.6 Å². The second kappa shape index (κ2) is 6.93. The minimum Gasteiger partial charge on any atom is -0.411 e. The first-order chi connectivity index (χ1) is 12.6. The number of hydrogen-bond donors (Lipinski definition) is 0. The minimum absolute atomic E-state index is 0.0728. The summed E-state index contributed by atoms with van der Waals surface area (Å²) in [6, 6.07) is 14.5. The number of thioether (sulfide) groups is 1. The third-order valence-electron chi connectivity index (χ3n) is 3.88. The van der Waals surface area contributed by atoms with Crippen LogP contribution in [0.2, 0.25) is 5.02 Å². The van der Waals surface area contributed by atoms with Gasteiger partial charge >= 0.3 is 0 Å². The highest BCUT2D eigenvalue weighted by molar-refractivity contribution is 7.98. The lowest BCUT2D eigenvalue weighted by Crippen LogP contribution is -2.21. The molecule has 0 radical (unpaired) electrons. The molecule has 0 fully saturated rings. The van der Waals surface area contributed by atoms with Gasteiger partial charge in [0.15, 0.2) is 0 Å². The Morgan fingerprint density at radius 3 is 2.85 bits per heavy atom. The second-order valence-corrected chi connectivity index (χ2v) is 6.94. The average Bonchev–Trinajstić information content (AvgIpc) is 3.13. The fraction of sp³-hybridized carbons (Fsp3) is 0.111. The van der Waals surface area contributed by atoms with E-state index >= 15 is 0 Å². The van der Waals surface area contributed by atoms with E-state index in [2.05, 4.69) is 15.2 Å². The number of nitrogens with zero attached hydrogens (tertiary/aromatic N) is 4. The van der Waals surface area contributed by atoms with Crippen molar-refractivity contribution >= 4 is 34.3 Å². The lowest BCUT2D eigenvalue weighted by Gasteiger charge is -2.07. The molecule has 0 amide bonds. The third kappa shape index (κ3) is 3.23. The summed E-state index contributed by atoms with van der Waals surface area (Å²) < 4.78 is 7.22. The van der Waals surface area contributed by atoms with Crippen molar-refractivity contribution in [2.75, 3.05) is 0 Å². The van der Waals surface area contributed by atoms with Crippen LogP contribution in [0, 0.1) is 0 Å². The summed E-state index contributed by atoms with van der Waals surface area (Å²) in [6.07, 6.45) is 0. The largest absolute Gasteiger partial charge is 0.411 e. The summed E-state index contributed by atoms with van der Waals surface area (Å²) in [7, 11) is 1.71. The van der Waals surface area contributed by atoms with Crippen LogP contribution in [-0.2, 0) is 12.8 Å². The molecule has 0 aliphatic rings. The number of rotatable bonds is 4. The first kappa shape index (κ1) is 16.8. The number of benzene rings is 2. The summed E-state index contributed by atoms with van der Waals surface area (Å²) in [5.41, 5.74) is 1.36. The van der Waals surface area contributed by atoms with Gasteiger partial charge in [0.05, 0.1) is 16.7 Å². The molecule has 0 aliphatic carbocycles. The summed E-state index contributed by atoms with van der Waals surface area (Å²) in [5.74, 6) is 1.48. The zero-order valence-electron chi connectivity index (χ0n) is 13.7. The van der Waals surface area contributed by atoms with Crippen LogP contribution in [0.4, 0.5) is 0 Å². The van der Waals surface area contributed by atoms with E-state index in [1.54, 1.807) is 29.8 Å². The Bertz CT molecular complexity index is 1160. The molecule has 0 aliphatic heterocycles. The molecular weight excluding hydrogens is 372 g/mol. The molecule has 0 saturated carbocycles. The average molecular weight is 385 g/mol. The number of para-hydroxylation sites is 1. The predicted octanol–water partition coefficient (Wildman–Crippen LogP) is 3.93. The molecule has 0 N–H and O–H groups in total. The predicted molar refractivity (Wildman–Crippen MR) is 101 cm³/mol. The Labute approximate surface area is 157 Å². The van der Waals surface area contributed by atoms with Gasteiger partial charge in [-0.25, -0.2) is 4.98 Å². The van der Waals surface area contributed by atoms with Crippen LogP contribution in [0.25, 0.3) is 22.4 Å². The highest BCUT2D eigenvalue weighted by atomic mass is 35.5. The standard InChI is InChI=1S/C18H13ClN4O2S/c1-23-15(20-14-8-3-2-7-13(14)17(23)24)10-26-18-22-21-16(25-18)11-5-4-6-12(19)9-11/h2-9H,10H2,1H3. The molecule has 0 spiro atoms. The van der Waals surface area contributed by atoms with Gasteiger partial charge in [0.25, 0.3) is 10.8 Å². The summed E-state index contributed by atoms with van der Waals surface area (Å²) in [4.78, 5) is 17.0. The monoisotopic (exact) mass is 384 g/mol. The van der Waals surface area contributed by atoms with Crippen molar-refractivity contribution in [2.45, 2.75) is 11.0 Å². The van der Waals surface area contributed by atoms with Crippen LogP contribution in [0.5, 0.6) is 0 Å².